The molecule has 0 spiro atoms. The van der Waals surface area contributed by atoms with Crippen LogP contribution in [-0.4, -0.2) is 27.4 Å². The van der Waals surface area contributed by atoms with Crippen LogP contribution in [0.1, 0.15) is 31.6 Å². The fraction of sp³-hybridized carbons (Fsp3) is 0.375. The highest BCUT2D eigenvalue weighted by molar-refractivity contribution is 5.92. The highest BCUT2D eigenvalue weighted by atomic mass is 16.6. The lowest BCUT2D eigenvalue weighted by Gasteiger charge is -2.37. The lowest BCUT2D eigenvalue weighted by Crippen LogP contribution is -2.42. The number of furan rings is 1. The SMILES string of the molecule is C[C@H]1CCN(C(=O)Nc2ccncc2[N+](=O)[O-])[C@H](c2ccco2)C1. The molecule has 3 rings (SSSR count). The Labute approximate surface area is 138 Å². The van der Waals surface area contributed by atoms with Gasteiger partial charge in [0.05, 0.1) is 17.2 Å². The number of anilines is 1. The third-order valence-corrected chi connectivity index (χ3v) is 4.24. The molecule has 1 fully saturated rings. The van der Waals surface area contributed by atoms with Gasteiger partial charge in [0.25, 0.3) is 0 Å². The smallest absolute Gasteiger partial charge is 0.322 e. The summed E-state index contributed by atoms with van der Waals surface area (Å²) in [4.78, 5) is 28.6. The van der Waals surface area contributed by atoms with Crippen LogP contribution in [0.4, 0.5) is 16.2 Å². The Morgan fingerprint density at radius 2 is 2.33 bits per heavy atom. The van der Waals surface area contributed by atoms with E-state index >= 15 is 0 Å². The number of aromatic nitrogens is 1. The van der Waals surface area contributed by atoms with E-state index in [0.717, 1.165) is 24.8 Å². The first-order valence-corrected chi connectivity index (χ1v) is 7.75. The van der Waals surface area contributed by atoms with Crippen molar-refractivity contribution >= 4 is 17.4 Å². The molecule has 8 nitrogen and oxygen atoms in total. The molecule has 0 saturated carbocycles. The van der Waals surface area contributed by atoms with E-state index in [1.807, 2.05) is 6.07 Å². The van der Waals surface area contributed by atoms with Crippen molar-refractivity contribution in [2.45, 2.75) is 25.8 Å². The Kier molecular flexibility index (Phi) is 4.45. The Hall–Kier alpha value is -2.90. The standard InChI is InChI=1S/C16H18N4O4/c1-11-5-7-19(13(9-11)15-3-2-8-24-15)16(21)18-12-4-6-17-10-14(12)20(22)23/h2-4,6,8,10-11,13H,5,7,9H2,1H3,(H,17,18,21)/t11-,13-/m0/s1. The third-order valence-electron chi connectivity index (χ3n) is 4.24. The summed E-state index contributed by atoms with van der Waals surface area (Å²) in [7, 11) is 0. The van der Waals surface area contributed by atoms with Gasteiger partial charge in [0.1, 0.15) is 17.6 Å². The van der Waals surface area contributed by atoms with Gasteiger partial charge >= 0.3 is 11.7 Å². The van der Waals surface area contributed by atoms with E-state index in [1.165, 1.54) is 12.3 Å². The quantitative estimate of drug-likeness (QED) is 0.684. The van der Waals surface area contributed by atoms with Crippen LogP contribution in [0.25, 0.3) is 0 Å². The minimum absolute atomic E-state index is 0.136. The molecule has 24 heavy (non-hydrogen) atoms. The number of pyridine rings is 1. The van der Waals surface area contributed by atoms with Gasteiger partial charge < -0.3 is 14.6 Å². The molecule has 1 aliphatic rings. The number of nitro groups is 1. The van der Waals surface area contributed by atoms with Crippen LogP contribution < -0.4 is 5.32 Å². The molecular weight excluding hydrogens is 312 g/mol. The lowest BCUT2D eigenvalue weighted by atomic mass is 9.91. The molecule has 1 aliphatic heterocycles. The number of urea groups is 1. The van der Waals surface area contributed by atoms with Gasteiger partial charge in [-0.25, -0.2) is 4.79 Å². The van der Waals surface area contributed by atoms with Crippen LogP contribution in [0.2, 0.25) is 0 Å². The summed E-state index contributed by atoms with van der Waals surface area (Å²) in [6.45, 7) is 2.70. The monoisotopic (exact) mass is 330 g/mol. The minimum atomic E-state index is -0.565. The fourth-order valence-electron chi connectivity index (χ4n) is 2.96. The summed E-state index contributed by atoms with van der Waals surface area (Å²) in [5, 5.41) is 13.7. The maximum absolute atomic E-state index is 12.7. The number of nitrogens with one attached hydrogen (secondary N) is 1. The molecule has 1 saturated heterocycles. The van der Waals surface area contributed by atoms with E-state index in [1.54, 1.807) is 17.2 Å². The minimum Gasteiger partial charge on any atom is -0.467 e. The van der Waals surface area contributed by atoms with E-state index in [2.05, 4.69) is 17.2 Å². The molecule has 2 aromatic heterocycles. The number of amides is 2. The van der Waals surface area contributed by atoms with Crippen molar-refractivity contribution in [3.05, 3.63) is 52.7 Å². The Bertz CT molecular complexity index is 731. The van der Waals surface area contributed by atoms with Gasteiger partial charge in [-0.3, -0.25) is 15.1 Å². The van der Waals surface area contributed by atoms with E-state index in [-0.39, 0.29) is 23.4 Å². The average molecular weight is 330 g/mol. The summed E-state index contributed by atoms with van der Waals surface area (Å²) in [5.41, 5.74) is -0.0948. The molecule has 0 aliphatic carbocycles. The van der Waals surface area contributed by atoms with Crippen molar-refractivity contribution in [3.8, 4) is 0 Å². The maximum Gasteiger partial charge on any atom is 0.322 e. The highest BCUT2D eigenvalue weighted by Crippen LogP contribution is 2.35. The molecule has 0 radical (unpaired) electrons. The number of hydrogen-bond acceptors (Lipinski definition) is 5. The maximum atomic E-state index is 12.7. The molecular formula is C16H18N4O4. The summed E-state index contributed by atoms with van der Waals surface area (Å²) in [6, 6.07) is 4.50. The van der Waals surface area contributed by atoms with Crippen LogP contribution in [-0.2, 0) is 0 Å². The molecule has 2 amide bonds. The highest BCUT2D eigenvalue weighted by Gasteiger charge is 2.33. The van der Waals surface area contributed by atoms with E-state index < -0.39 is 4.92 Å². The zero-order valence-corrected chi connectivity index (χ0v) is 13.2. The number of carbonyl (C=O) groups is 1. The van der Waals surface area contributed by atoms with Gasteiger partial charge in [0, 0.05) is 12.7 Å². The predicted octanol–water partition coefficient (Wildman–Crippen LogP) is 3.59. The molecule has 0 bridgehead atoms. The number of piperidine rings is 1. The first-order valence-electron chi connectivity index (χ1n) is 7.75. The van der Waals surface area contributed by atoms with E-state index in [4.69, 9.17) is 4.42 Å². The predicted molar refractivity (Wildman–Crippen MR) is 86.5 cm³/mol. The molecule has 3 heterocycles. The van der Waals surface area contributed by atoms with Gasteiger partial charge in [-0.05, 0) is 37.0 Å². The van der Waals surface area contributed by atoms with Crippen molar-refractivity contribution in [3.63, 3.8) is 0 Å². The van der Waals surface area contributed by atoms with Crippen molar-refractivity contribution in [2.24, 2.45) is 5.92 Å². The van der Waals surface area contributed by atoms with Crippen LogP contribution in [0, 0.1) is 16.0 Å². The van der Waals surface area contributed by atoms with Crippen LogP contribution in [0.3, 0.4) is 0 Å². The van der Waals surface area contributed by atoms with Crippen LogP contribution in [0.5, 0.6) is 0 Å². The average Bonchev–Trinajstić information content (AvgIpc) is 3.09. The fourth-order valence-corrected chi connectivity index (χ4v) is 2.96. The first-order chi connectivity index (χ1) is 11.6. The summed E-state index contributed by atoms with van der Waals surface area (Å²) < 4.78 is 5.47. The van der Waals surface area contributed by atoms with E-state index in [0.29, 0.717) is 12.5 Å². The van der Waals surface area contributed by atoms with Gasteiger partial charge in [-0.1, -0.05) is 6.92 Å². The number of rotatable bonds is 3. The summed E-state index contributed by atoms with van der Waals surface area (Å²) in [6.07, 6.45) is 5.78. The third kappa shape index (κ3) is 3.22. The van der Waals surface area contributed by atoms with Gasteiger partial charge in [0.2, 0.25) is 0 Å². The molecule has 0 unspecified atom stereocenters. The molecule has 8 heteroatoms. The Balaban J connectivity index is 1.82. The molecule has 2 aromatic rings. The second kappa shape index (κ2) is 6.69. The molecule has 2 atom stereocenters. The zero-order valence-electron chi connectivity index (χ0n) is 13.2. The van der Waals surface area contributed by atoms with Crippen LogP contribution in [0.15, 0.2) is 41.3 Å². The number of hydrogen-bond donors (Lipinski definition) is 1. The van der Waals surface area contributed by atoms with Gasteiger partial charge in [-0.15, -0.1) is 0 Å². The van der Waals surface area contributed by atoms with Crippen LogP contribution >= 0.6 is 0 Å². The molecule has 1 N–H and O–H groups in total. The normalized spacial score (nSPS) is 20.6. The summed E-state index contributed by atoms with van der Waals surface area (Å²) >= 11 is 0. The van der Waals surface area contributed by atoms with E-state index in [9.17, 15) is 14.9 Å². The van der Waals surface area contributed by atoms with Crippen molar-refractivity contribution in [1.82, 2.24) is 9.88 Å². The topological polar surface area (TPSA) is 102 Å². The van der Waals surface area contributed by atoms with Gasteiger partial charge in [-0.2, -0.15) is 0 Å². The first kappa shape index (κ1) is 16.0. The number of likely N-dealkylation sites (tertiary alicyclic amines) is 1. The Morgan fingerprint density at radius 1 is 1.50 bits per heavy atom. The van der Waals surface area contributed by atoms with Crippen molar-refractivity contribution in [2.75, 3.05) is 11.9 Å². The van der Waals surface area contributed by atoms with Crippen molar-refractivity contribution in [1.29, 1.82) is 0 Å². The number of carbonyl (C=O) groups excluding carboxylic acids is 1. The van der Waals surface area contributed by atoms with Crippen molar-refractivity contribution < 1.29 is 14.1 Å². The Morgan fingerprint density at radius 3 is 3.04 bits per heavy atom. The number of nitrogens with zero attached hydrogens (tertiary/aromatic N) is 3. The second-order valence-corrected chi connectivity index (χ2v) is 5.93. The second-order valence-electron chi connectivity index (χ2n) is 5.93. The molecule has 0 aromatic carbocycles. The zero-order chi connectivity index (χ0) is 17.1. The largest absolute Gasteiger partial charge is 0.467 e. The molecule has 126 valence electrons. The van der Waals surface area contributed by atoms with Gasteiger partial charge in [0.15, 0.2) is 0 Å². The lowest BCUT2D eigenvalue weighted by molar-refractivity contribution is -0.384. The summed E-state index contributed by atoms with van der Waals surface area (Å²) in [5.74, 6) is 1.19.